The second-order valence-corrected chi connectivity index (χ2v) is 2.88. The maximum atomic E-state index is 12.9. The predicted molar refractivity (Wildman–Crippen MR) is 42.0 cm³/mol. The first kappa shape index (κ1) is 12.8. The minimum atomic E-state index is -5.13. The van der Waals surface area contributed by atoms with E-state index in [0.29, 0.717) is 6.07 Å². The van der Waals surface area contributed by atoms with E-state index >= 15 is 0 Å². The van der Waals surface area contributed by atoms with Crippen molar-refractivity contribution < 1.29 is 26.3 Å². The van der Waals surface area contributed by atoms with Crippen molar-refractivity contribution in [1.29, 1.82) is 0 Å². The fourth-order valence-corrected chi connectivity index (χ4v) is 1.09. The lowest BCUT2D eigenvalue weighted by molar-refractivity contribution is -0.143. The van der Waals surface area contributed by atoms with E-state index in [4.69, 9.17) is 5.73 Å². The van der Waals surface area contributed by atoms with Crippen LogP contribution < -0.4 is 5.73 Å². The van der Waals surface area contributed by atoms with Crippen LogP contribution in [0.2, 0.25) is 0 Å². The number of hydrogen-bond donors (Lipinski definition) is 1. The molecule has 0 radical (unpaired) electrons. The zero-order valence-electron chi connectivity index (χ0n) is 7.65. The largest absolute Gasteiger partial charge is 0.433 e. The van der Waals surface area contributed by atoms with Crippen LogP contribution in [0.1, 0.15) is 23.2 Å². The Labute approximate surface area is 86.1 Å². The Balaban J connectivity index is 3.42. The van der Waals surface area contributed by atoms with E-state index in [1.165, 1.54) is 0 Å². The van der Waals surface area contributed by atoms with Crippen molar-refractivity contribution in [3.63, 3.8) is 0 Å². The van der Waals surface area contributed by atoms with E-state index in [1.807, 2.05) is 0 Å². The van der Waals surface area contributed by atoms with E-state index in [9.17, 15) is 26.3 Å². The van der Waals surface area contributed by atoms with Crippen molar-refractivity contribution in [1.82, 2.24) is 4.98 Å². The average Bonchev–Trinajstić information content (AvgIpc) is 2.15. The third kappa shape index (κ3) is 2.43. The van der Waals surface area contributed by atoms with Gasteiger partial charge in [0.1, 0.15) is 0 Å². The van der Waals surface area contributed by atoms with Crippen LogP contribution in [0, 0.1) is 5.95 Å². The Bertz CT molecular complexity index is 387. The number of hydrogen-bond acceptors (Lipinski definition) is 2. The molecule has 0 aromatic carbocycles. The Hall–Kier alpha value is -1.31. The van der Waals surface area contributed by atoms with Gasteiger partial charge < -0.3 is 5.73 Å². The molecule has 8 heteroatoms. The van der Waals surface area contributed by atoms with Gasteiger partial charge in [0.15, 0.2) is 5.69 Å². The predicted octanol–water partition coefficient (Wildman–Crippen LogP) is 2.64. The van der Waals surface area contributed by atoms with Crippen molar-refractivity contribution in [2.24, 2.45) is 5.73 Å². The summed E-state index contributed by atoms with van der Waals surface area (Å²) in [6.07, 6.45) is -8.52. The fraction of sp³-hybridized carbons (Fsp3) is 0.375. The van der Waals surface area contributed by atoms with Gasteiger partial charge in [0.05, 0.1) is 0 Å². The summed E-state index contributed by atoms with van der Waals surface area (Å²) < 4.78 is 74.2. The number of pyridine rings is 1. The zero-order valence-corrected chi connectivity index (χ0v) is 7.65. The van der Waals surface area contributed by atoms with Crippen LogP contribution in [-0.4, -0.2) is 4.98 Å². The molecule has 2 nitrogen and oxygen atoms in total. The lowest BCUT2D eigenvalue weighted by Gasteiger charge is -2.12. The highest BCUT2D eigenvalue weighted by molar-refractivity contribution is 5.29. The van der Waals surface area contributed by atoms with Crippen molar-refractivity contribution in [2.45, 2.75) is 19.1 Å². The second kappa shape index (κ2) is 4.28. The number of aromatic nitrogens is 1. The summed E-state index contributed by atoms with van der Waals surface area (Å²) >= 11 is 0. The molecule has 0 amide bonds. The molecular weight excluding hydrogens is 238 g/mol. The summed E-state index contributed by atoms with van der Waals surface area (Å²) in [6.45, 7) is -0.503. The van der Waals surface area contributed by atoms with Crippen molar-refractivity contribution in [3.8, 4) is 0 Å². The molecule has 0 unspecified atom stereocenters. The smallest absolute Gasteiger partial charge is 0.326 e. The minimum absolute atomic E-state index is 0.385. The van der Waals surface area contributed by atoms with Crippen molar-refractivity contribution in [3.05, 3.63) is 28.8 Å². The van der Waals surface area contributed by atoms with E-state index in [1.54, 1.807) is 0 Å². The molecule has 1 rings (SSSR count). The number of halogens is 6. The minimum Gasteiger partial charge on any atom is -0.326 e. The Kier molecular flexibility index (Phi) is 3.41. The molecule has 0 saturated carbocycles. The molecule has 1 aromatic rings. The van der Waals surface area contributed by atoms with Crippen LogP contribution in [0.4, 0.5) is 26.3 Å². The summed E-state index contributed by atoms with van der Waals surface area (Å²) in [5.74, 6) is -1.49. The first-order valence-corrected chi connectivity index (χ1v) is 4.02. The lowest BCUT2D eigenvalue weighted by atomic mass is 10.1. The van der Waals surface area contributed by atoms with Gasteiger partial charge in [-0.3, -0.25) is 0 Å². The van der Waals surface area contributed by atoms with E-state index in [-0.39, 0.29) is 0 Å². The van der Waals surface area contributed by atoms with E-state index in [2.05, 4.69) is 4.98 Å². The standard InChI is InChI=1S/C8H6F6N2/c9-6(10)4-1-3(2-15)7(11)16-5(4)8(12,13)14/h1,6H,2,15H2. The van der Waals surface area contributed by atoms with Gasteiger partial charge in [-0.2, -0.15) is 17.6 Å². The highest BCUT2D eigenvalue weighted by Gasteiger charge is 2.38. The van der Waals surface area contributed by atoms with Crippen LogP contribution in [0.3, 0.4) is 0 Å². The SMILES string of the molecule is NCc1cc(C(F)F)c(C(F)(F)F)nc1F. The molecule has 90 valence electrons. The van der Waals surface area contributed by atoms with Gasteiger partial charge in [-0.15, -0.1) is 0 Å². The summed E-state index contributed by atoms with van der Waals surface area (Å²) in [4.78, 5) is 2.48. The molecule has 0 saturated heterocycles. The normalized spacial score (nSPS) is 12.2. The molecule has 0 aliphatic heterocycles. The Morgan fingerprint density at radius 2 is 1.88 bits per heavy atom. The van der Waals surface area contributed by atoms with E-state index in [0.717, 1.165) is 0 Å². The van der Waals surface area contributed by atoms with Gasteiger partial charge in [-0.1, -0.05) is 0 Å². The average molecular weight is 244 g/mol. The quantitative estimate of drug-likeness (QED) is 0.641. The van der Waals surface area contributed by atoms with Crippen LogP contribution in [0.15, 0.2) is 6.07 Å². The maximum Gasteiger partial charge on any atom is 0.433 e. The summed E-state index contributed by atoms with van der Waals surface area (Å²) in [6, 6.07) is 0.385. The highest BCUT2D eigenvalue weighted by atomic mass is 19.4. The van der Waals surface area contributed by atoms with Crippen molar-refractivity contribution in [2.75, 3.05) is 0 Å². The van der Waals surface area contributed by atoms with Crippen LogP contribution in [0.5, 0.6) is 0 Å². The number of rotatable bonds is 2. The second-order valence-electron chi connectivity index (χ2n) is 2.88. The molecule has 2 N–H and O–H groups in total. The van der Waals surface area contributed by atoms with Crippen molar-refractivity contribution >= 4 is 0 Å². The topological polar surface area (TPSA) is 38.9 Å². The molecule has 0 spiro atoms. The molecule has 0 bridgehead atoms. The van der Waals surface area contributed by atoms with Gasteiger partial charge in [0.2, 0.25) is 5.95 Å². The number of nitrogens with two attached hydrogens (primary N) is 1. The number of alkyl halides is 5. The van der Waals surface area contributed by atoms with Gasteiger partial charge in [0, 0.05) is 17.7 Å². The lowest BCUT2D eigenvalue weighted by Crippen LogP contribution is -2.16. The highest BCUT2D eigenvalue weighted by Crippen LogP contribution is 2.35. The van der Waals surface area contributed by atoms with Crippen LogP contribution >= 0.6 is 0 Å². The number of nitrogens with zero attached hydrogens (tertiary/aromatic N) is 1. The fourth-order valence-electron chi connectivity index (χ4n) is 1.09. The van der Waals surface area contributed by atoms with Gasteiger partial charge in [-0.25, -0.2) is 13.8 Å². The maximum absolute atomic E-state index is 12.9. The van der Waals surface area contributed by atoms with Crippen LogP contribution in [0.25, 0.3) is 0 Å². The summed E-state index contributed by atoms with van der Waals surface area (Å²) in [7, 11) is 0. The van der Waals surface area contributed by atoms with Gasteiger partial charge in [0.25, 0.3) is 6.43 Å². The van der Waals surface area contributed by atoms with Gasteiger partial charge in [-0.05, 0) is 6.07 Å². The molecule has 0 aliphatic carbocycles. The summed E-state index contributed by atoms with van der Waals surface area (Å²) in [5.41, 5.74) is 1.20. The third-order valence-corrected chi connectivity index (χ3v) is 1.80. The third-order valence-electron chi connectivity index (χ3n) is 1.80. The first-order valence-electron chi connectivity index (χ1n) is 4.02. The molecule has 0 fully saturated rings. The molecule has 0 atom stereocenters. The van der Waals surface area contributed by atoms with Crippen LogP contribution in [-0.2, 0) is 12.7 Å². The molecule has 1 aromatic heterocycles. The molecular formula is C8H6F6N2. The Morgan fingerprint density at radius 1 is 1.31 bits per heavy atom. The first-order chi connectivity index (χ1) is 7.27. The summed E-state index contributed by atoms with van der Waals surface area (Å²) in [5, 5.41) is 0. The zero-order chi connectivity index (χ0) is 12.5. The molecule has 1 heterocycles. The Morgan fingerprint density at radius 3 is 2.25 bits per heavy atom. The van der Waals surface area contributed by atoms with Gasteiger partial charge >= 0.3 is 6.18 Å². The molecule has 0 aliphatic rings. The monoisotopic (exact) mass is 244 g/mol. The van der Waals surface area contributed by atoms with E-state index < -0.39 is 41.9 Å². The molecule has 16 heavy (non-hydrogen) atoms.